The van der Waals surface area contributed by atoms with Gasteiger partial charge >= 0.3 is 11.9 Å². The van der Waals surface area contributed by atoms with Crippen LogP contribution in [0, 0.1) is 6.92 Å². The van der Waals surface area contributed by atoms with E-state index in [1.54, 1.807) is 25.1 Å². The van der Waals surface area contributed by atoms with Crippen LogP contribution < -0.4 is 4.74 Å². The number of rotatable bonds is 5. The smallest absolute Gasteiger partial charge is 0.356 e. The molecule has 0 N–H and O–H groups in total. The predicted molar refractivity (Wildman–Crippen MR) is 127 cm³/mol. The van der Waals surface area contributed by atoms with Crippen LogP contribution in [-0.2, 0) is 29.1 Å². The molecule has 0 amide bonds. The number of methoxy groups -OCH3 is 1. The van der Waals surface area contributed by atoms with Crippen molar-refractivity contribution in [2.45, 2.75) is 24.8 Å². The summed E-state index contributed by atoms with van der Waals surface area (Å²) in [7, 11) is -3.38. The summed E-state index contributed by atoms with van der Waals surface area (Å²) in [5.41, 5.74) is -0.240. The molecule has 11 heteroatoms. The lowest BCUT2D eigenvalue weighted by atomic mass is 9.88. The average Bonchev–Trinajstić information content (AvgIpc) is 2.83. The zero-order valence-corrected chi connectivity index (χ0v) is 21.3. The maximum Gasteiger partial charge on any atom is 0.356 e. The van der Waals surface area contributed by atoms with Gasteiger partial charge in [0.15, 0.2) is 17.6 Å². The number of benzene rings is 2. The van der Waals surface area contributed by atoms with Crippen molar-refractivity contribution in [3.63, 3.8) is 0 Å². The van der Waals surface area contributed by atoms with Crippen LogP contribution in [0.1, 0.15) is 22.8 Å². The minimum atomic E-state index is -4.45. The minimum Gasteiger partial charge on any atom is -0.480 e. The summed E-state index contributed by atoms with van der Waals surface area (Å²) in [6.45, 7) is 3.23. The highest BCUT2D eigenvalue weighted by Crippen LogP contribution is 2.41. The molecule has 0 saturated heterocycles. The zero-order valence-electron chi connectivity index (χ0n) is 18.9. The Balaban J connectivity index is 2.01. The Morgan fingerprint density at radius 3 is 2.43 bits per heavy atom. The van der Waals surface area contributed by atoms with E-state index in [1.165, 1.54) is 31.2 Å². The van der Waals surface area contributed by atoms with Gasteiger partial charge in [-0.15, -0.1) is 0 Å². The third-order valence-electron chi connectivity index (χ3n) is 5.42. The van der Waals surface area contributed by atoms with Crippen LogP contribution in [0.3, 0.4) is 0 Å². The second-order valence-electron chi connectivity index (χ2n) is 7.64. The summed E-state index contributed by atoms with van der Waals surface area (Å²) in [6, 6.07) is 10.6. The highest BCUT2D eigenvalue weighted by molar-refractivity contribution is 9.10. The van der Waals surface area contributed by atoms with Gasteiger partial charge in [-0.05, 0) is 44.2 Å². The summed E-state index contributed by atoms with van der Waals surface area (Å²) in [5, 5.41) is 0. The lowest BCUT2D eigenvalue weighted by molar-refractivity contribution is -0.142. The molecule has 2 aromatic carbocycles. The van der Waals surface area contributed by atoms with Gasteiger partial charge in [0.2, 0.25) is 0 Å². The molecule has 4 rings (SSSR count). The molecule has 0 spiro atoms. The Labute approximate surface area is 210 Å². The number of carbonyl (C=O) groups excluding carboxylic acids is 3. The number of aryl methyl sites for hydroxylation is 1. The van der Waals surface area contributed by atoms with Gasteiger partial charge in [-0.2, -0.15) is 0 Å². The van der Waals surface area contributed by atoms with Crippen molar-refractivity contribution in [2.75, 3.05) is 13.7 Å². The van der Waals surface area contributed by atoms with Crippen LogP contribution in [0.5, 0.6) is 5.75 Å². The van der Waals surface area contributed by atoms with Gasteiger partial charge in [-0.25, -0.2) is 22.3 Å². The van der Waals surface area contributed by atoms with E-state index >= 15 is 0 Å². The molecule has 0 saturated carbocycles. The van der Waals surface area contributed by atoms with Gasteiger partial charge in [-0.3, -0.25) is 4.79 Å². The summed E-state index contributed by atoms with van der Waals surface area (Å²) in [6.07, 6.45) is -0.377. The van der Waals surface area contributed by atoms with Gasteiger partial charge in [0.1, 0.15) is 11.3 Å². The molecule has 182 valence electrons. The molecule has 0 aromatic heterocycles. The molecule has 0 radical (unpaired) electrons. The number of esters is 2. The average molecular weight is 562 g/mol. The van der Waals surface area contributed by atoms with Crippen molar-refractivity contribution in [1.29, 1.82) is 0 Å². The number of ketones is 1. The first-order valence-electron chi connectivity index (χ1n) is 10.4. The van der Waals surface area contributed by atoms with Crippen molar-refractivity contribution in [2.24, 2.45) is 0 Å². The van der Waals surface area contributed by atoms with E-state index in [1.807, 2.05) is 0 Å². The van der Waals surface area contributed by atoms with Crippen LogP contribution in [0.4, 0.5) is 0 Å². The topological polar surface area (TPSA) is 116 Å². The number of sulfonamides is 1. The lowest BCUT2D eigenvalue weighted by Gasteiger charge is -2.36. The normalized spacial score (nSPS) is 17.1. The largest absolute Gasteiger partial charge is 0.480 e. The highest BCUT2D eigenvalue weighted by atomic mass is 79.9. The quantitative estimate of drug-likeness (QED) is 0.510. The first kappa shape index (κ1) is 24.7. The van der Waals surface area contributed by atoms with Crippen molar-refractivity contribution in [1.82, 2.24) is 4.31 Å². The molecular weight excluding hydrogens is 542 g/mol. The van der Waals surface area contributed by atoms with Crippen LogP contribution in [0.2, 0.25) is 0 Å². The first-order valence-corrected chi connectivity index (χ1v) is 12.7. The molecule has 2 aliphatic heterocycles. The fraction of sp³-hybridized carbons (Fsp3) is 0.208. The minimum absolute atomic E-state index is 0.0902. The molecule has 2 aliphatic rings. The third-order valence-corrected chi connectivity index (χ3v) is 7.59. The van der Waals surface area contributed by atoms with Crippen LogP contribution in [0.15, 0.2) is 74.9 Å². The Kier molecular flexibility index (Phi) is 6.56. The SMILES string of the molecule is CCOC(=O)C1=C(C(=O)OC)C2Oc3ccc(Br)cc3C(=O)C2=CN1S(=O)(=O)c1ccc(C)cc1. The summed E-state index contributed by atoms with van der Waals surface area (Å²) in [4.78, 5) is 39.3. The molecule has 2 heterocycles. The molecule has 9 nitrogen and oxygen atoms in total. The van der Waals surface area contributed by atoms with Crippen LogP contribution in [0.25, 0.3) is 0 Å². The molecule has 1 unspecified atom stereocenters. The van der Waals surface area contributed by atoms with E-state index < -0.39 is 45.1 Å². The standard InChI is InChI=1S/C24H20BrNO8S/c1-4-33-24(29)20-19(23(28)32-3)22-17(21(27)16-11-14(25)7-10-18(16)34-22)12-26(20)35(30,31)15-8-5-13(2)6-9-15/h5-12,22H,4H2,1-3H3. The van der Waals surface area contributed by atoms with Gasteiger partial charge in [0, 0.05) is 10.7 Å². The Hall–Kier alpha value is -3.44. The monoisotopic (exact) mass is 561 g/mol. The Bertz CT molecular complexity index is 1410. The van der Waals surface area contributed by atoms with E-state index in [-0.39, 0.29) is 28.4 Å². The van der Waals surface area contributed by atoms with Crippen molar-refractivity contribution >= 4 is 43.7 Å². The number of nitrogens with zero attached hydrogens (tertiary/aromatic N) is 1. The molecular formula is C24H20BrNO8S. The van der Waals surface area contributed by atoms with Crippen LogP contribution >= 0.6 is 15.9 Å². The number of halogens is 1. The number of fused-ring (bicyclic) bond motifs is 2. The molecule has 0 fully saturated rings. The second-order valence-corrected chi connectivity index (χ2v) is 10.4. The maximum atomic E-state index is 13.7. The van der Waals surface area contributed by atoms with Gasteiger partial charge < -0.3 is 14.2 Å². The highest BCUT2D eigenvalue weighted by Gasteiger charge is 2.48. The number of carbonyl (C=O) groups is 3. The molecule has 0 bridgehead atoms. The van der Waals surface area contributed by atoms with Crippen LogP contribution in [-0.4, -0.2) is 50.3 Å². The van der Waals surface area contributed by atoms with Gasteiger partial charge in [0.05, 0.1) is 29.7 Å². The second kappa shape index (κ2) is 9.31. The third kappa shape index (κ3) is 4.25. The zero-order chi connectivity index (χ0) is 25.5. The van der Waals surface area contributed by atoms with Crippen molar-refractivity contribution in [3.05, 3.63) is 81.1 Å². The van der Waals surface area contributed by atoms with Gasteiger partial charge in [-0.1, -0.05) is 33.6 Å². The molecule has 2 aromatic rings. The number of hydrogen-bond donors (Lipinski definition) is 0. The molecule has 35 heavy (non-hydrogen) atoms. The van der Waals surface area contributed by atoms with Gasteiger partial charge in [0.25, 0.3) is 10.0 Å². The Morgan fingerprint density at radius 2 is 1.80 bits per heavy atom. The van der Waals surface area contributed by atoms with Crippen molar-refractivity contribution < 1.29 is 37.0 Å². The fourth-order valence-electron chi connectivity index (χ4n) is 3.75. The number of hydrogen-bond acceptors (Lipinski definition) is 8. The molecule has 0 aliphatic carbocycles. The maximum absolute atomic E-state index is 13.7. The van der Waals surface area contributed by atoms with E-state index in [4.69, 9.17) is 14.2 Å². The van der Waals surface area contributed by atoms with E-state index in [0.29, 0.717) is 8.78 Å². The lowest BCUT2D eigenvalue weighted by Crippen LogP contribution is -2.45. The number of ether oxygens (including phenoxy) is 3. The predicted octanol–water partition coefficient (Wildman–Crippen LogP) is 3.28. The summed E-state index contributed by atoms with van der Waals surface area (Å²) >= 11 is 3.30. The summed E-state index contributed by atoms with van der Waals surface area (Å²) in [5.74, 6) is -2.52. The molecule has 1 atom stereocenters. The van der Waals surface area contributed by atoms with E-state index in [9.17, 15) is 22.8 Å². The Morgan fingerprint density at radius 1 is 1.11 bits per heavy atom. The van der Waals surface area contributed by atoms with E-state index in [2.05, 4.69) is 15.9 Å². The van der Waals surface area contributed by atoms with E-state index in [0.717, 1.165) is 18.9 Å². The van der Waals surface area contributed by atoms with Crippen molar-refractivity contribution in [3.8, 4) is 5.75 Å². The summed E-state index contributed by atoms with van der Waals surface area (Å²) < 4.78 is 44.5. The fourth-order valence-corrected chi connectivity index (χ4v) is 5.48. The first-order chi connectivity index (χ1) is 16.6. The number of Topliss-reactive ketones (excluding diaryl/α,β-unsaturated/α-hetero) is 1.